The number of benzene rings is 2. The molecule has 0 radical (unpaired) electrons. The second-order valence-electron chi connectivity index (χ2n) is 8.68. The lowest BCUT2D eigenvalue weighted by molar-refractivity contribution is 0.0853. The highest BCUT2D eigenvalue weighted by Gasteiger charge is 2.30. The second-order valence-corrected chi connectivity index (χ2v) is 8.68. The van der Waals surface area contributed by atoms with Crippen LogP contribution in [0.25, 0.3) is 10.9 Å². The molecule has 2 N–H and O–H groups in total. The molecule has 0 saturated heterocycles. The molecule has 0 bridgehead atoms. The van der Waals surface area contributed by atoms with Gasteiger partial charge in [-0.2, -0.15) is 0 Å². The molecule has 2 aliphatic rings. The highest BCUT2D eigenvalue weighted by molar-refractivity contribution is 5.87. The van der Waals surface area contributed by atoms with Crippen molar-refractivity contribution in [3.8, 4) is 23.0 Å². The van der Waals surface area contributed by atoms with Crippen LogP contribution in [0.3, 0.4) is 0 Å². The van der Waals surface area contributed by atoms with E-state index in [4.69, 9.17) is 23.8 Å². The van der Waals surface area contributed by atoms with Crippen molar-refractivity contribution in [1.82, 2.24) is 10.3 Å². The first-order valence-electron chi connectivity index (χ1n) is 11.7. The molecule has 0 unspecified atom stereocenters. The number of methoxy groups -OCH3 is 2. The van der Waals surface area contributed by atoms with E-state index in [2.05, 4.69) is 46.6 Å². The van der Waals surface area contributed by atoms with Gasteiger partial charge in [0.25, 0.3) is 0 Å². The molecule has 1 atom stereocenters. The van der Waals surface area contributed by atoms with E-state index >= 15 is 0 Å². The number of ether oxygens (including phenoxy) is 4. The van der Waals surface area contributed by atoms with E-state index in [1.807, 2.05) is 6.07 Å². The molecule has 0 spiro atoms. The van der Waals surface area contributed by atoms with Gasteiger partial charge in [-0.05, 0) is 44.0 Å². The monoisotopic (exact) mass is 465 g/mol. The fraction of sp³-hybridized carbons (Fsp3) is 0.423. The van der Waals surface area contributed by atoms with E-state index in [9.17, 15) is 0 Å². The van der Waals surface area contributed by atoms with Crippen molar-refractivity contribution in [3.63, 3.8) is 0 Å². The van der Waals surface area contributed by atoms with Crippen LogP contribution in [-0.2, 0) is 17.7 Å². The van der Waals surface area contributed by atoms with Crippen LogP contribution in [0.5, 0.6) is 23.0 Å². The Labute approximate surface area is 199 Å². The Kier molecular flexibility index (Phi) is 6.49. The first-order chi connectivity index (χ1) is 16.7. The highest BCUT2D eigenvalue weighted by atomic mass is 16.7. The van der Waals surface area contributed by atoms with Crippen LogP contribution in [0.2, 0.25) is 0 Å². The number of nitrogens with one attached hydrogen (secondary N) is 2. The fourth-order valence-corrected chi connectivity index (χ4v) is 4.82. The van der Waals surface area contributed by atoms with Gasteiger partial charge in [0.1, 0.15) is 6.10 Å². The van der Waals surface area contributed by atoms with Gasteiger partial charge in [0, 0.05) is 41.5 Å². The summed E-state index contributed by atoms with van der Waals surface area (Å²) in [4.78, 5) is 9.20. The number of H-pyrrole nitrogens is 1. The van der Waals surface area contributed by atoms with E-state index in [1.54, 1.807) is 14.2 Å². The number of hydrogen-bond acceptors (Lipinski definition) is 7. The smallest absolute Gasteiger partial charge is 0.231 e. The van der Waals surface area contributed by atoms with Crippen molar-refractivity contribution in [2.45, 2.75) is 38.7 Å². The molecule has 180 valence electrons. The molecule has 2 aliphatic heterocycles. The Morgan fingerprint density at radius 1 is 1.15 bits per heavy atom. The number of aromatic amines is 1. The van der Waals surface area contributed by atoms with Gasteiger partial charge >= 0.3 is 0 Å². The maximum atomic E-state index is 5.72. The van der Waals surface area contributed by atoms with Gasteiger partial charge in [0.05, 0.1) is 19.9 Å². The molecule has 1 aromatic heterocycles. The van der Waals surface area contributed by atoms with Crippen LogP contribution in [0, 0.1) is 6.92 Å². The van der Waals surface area contributed by atoms with Gasteiger partial charge < -0.3 is 34.1 Å². The summed E-state index contributed by atoms with van der Waals surface area (Å²) in [7, 11) is 3.25. The Hall–Kier alpha value is -3.39. The van der Waals surface area contributed by atoms with Gasteiger partial charge in [0.15, 0.2) is 11.5 Å². The zero-order chi connectivity index (χ0) is 23.5. The highest BCUT2D eigenvalue weighted by Crippen LogP contribution is 2.50. The fourth-order valence-electron chi connectivity index (χ4n) is 4.82. The minimum Gasteiger partial charge on any atom is -0.493 e. The van der Waals surface area contributed by atoms with Crippen LogP contribution in [0.1, 0.15) is 29.7 Å². The largest absolute Gasteiger partial charge is 0.493 e. The number of oxime groups is 1. The summed E-state index contributed by atoms with van der Waals surface area (Å²) in [6.07, 6.45) is 3.47. The van der Waals surface area contributed by atoms with Crippen LogP contribution in [0.4, 0.5) is 0 Å². The Balaban J connectivity index is 1.11. The molecule has 8 heteroatoms. The third-order valence-electron chi connectivity index (χ3n) is 6.44. The second kappa shape index (κ2) is 9.85. The van der Waals surface area contributed by atoms with Crippen molar-refractivity contribution in [1.29, 1.82) is 0 Å². The summed E-state index contributed by atoms with van der Waals surface area (Å²) < 4.78 is 22.2. The number of aromatic nitrogens is 1. The minimum atomic E-state index is -0.0513. The Bertz CT molecular complexity index is 1200. The summed E-state index contributed by atoms with van der Waals surface area (Å²) in [5.74, 6) is 2.47. The van der Waals surface area contributed by atoms with E-state index in [-0.39, 0.29) is 12.9 Å². The van der Waals surface area contributed by atoms with Crippen molar-refractivity contribution in [2.24, 2.45) is 5.16 Å². The average Bonchev–Trinajstić information content (AvgIpc) is 3.57. The number of nitrogens with zero attached hydrogens (tertiary/aromatic N) is 1. The minimum absolute atomic E-state index is 0.0513. The molecule has 0 aliphatic carbocycles. The molecule has 2 aromatic carbocycles. The van der Waals surface area contributed by atoms with Crippen LogP contribution in [0.15, 0.2) is 35.5 Å². The van der Waals surface area contributed by atoms with Crippen molar-refractivity contribution < 1.29 is 23.8 Å². The normalized spacial score (nSPS) is 16.6. The van der Waals surface area contributed by atoms with Crippen molar-refractivity contribution in [2.75, 3.05) is 34.1 Å². The Morgan fingerprint density at radius 2 is 2.00 bits per heavy atom. The van der Waals surface area contributed by atoms with Crippen molar-refractivity contribution in [3.05, 3.63) is 47.2 Å². The third kappa shape index (κ3) is 4.37. The molecular weight excluding hydrogens is 434 g/mol. The van der Waals surface area contributed by atoms with Gasteiger partial charge in [-0.1, -0.05) is 23.4 Å². The first kappa shape index (κ1) is 22.4. The van der Waals surface area contributed by atoms with Gasteiger partial charge in [-0.25, -0.2) is 0 Å². The SMILES string of the molecule is COc1cc(C[C@@H]2CC(CNCCCc3c(C)[nH]c4ccccc34)=NO2)c(OC)c2c1OCO2. The molecule has 0 fully saturated rings. The molecular formula is C26H31N3O5. The zero-order valence-electron chi connectivity index (χ0n) is 19.9. The summed E-state index contributed by atoms with van der Waals surface area (Å²) in [6.45, 7) is 3.96. The molecule has 5 rings (SSSR count). The summed E-state index contributed by atoms with van der Waals surface area (Å²) >= 11 is 0. The van der Waals surface area contributed by atoms with Gasteiger partial charge in [-0.3, -0.25) is 0 Å². The molecule has 8 nitrogen and oxygen atoms in total. The third-order valence-corrected chi connectivity index (χ3v) is 6.44. The molecule has 3 heterocycles. The maximum Gasteiger partial charge on any atom is 0.231 e. The zero-order valence-corrected chi connectivity index (χ0v) is 19.9. The first-order valence-corrected chi connectivity index (χ1v) is 11.7. The number of hydrogen-bond donors (Lipinski definition) is 2. The molecule has 0 amide bonds. The van der Waals surface area contributed by atoms with E-state index in [0.29, 0.717) is 29.4 Å². The predicted molar refractivity (Wildman–Crippen MR) is 131 cm³/mol. The van der Waals surface area contributed by atoms with Crippen LogP contribution in [-0.4, -0.2) is 50.9 Å². The predicted octanol–water partition coefficient (Wildman–Crippen LogP) is 4.13. The molecule has 34 heavy (non-hydrogen) atoms. The lowest BCUT2D eigenvalue weighted by Gasteiger charge is -2.15. The standard InChI is InChI=1S/C26H31N3O5/c1-16-20(21-7-4-5-9-22(21)28-16)8-6-10-27-14-18-13-19(34-29-18)11-17-12-23(30-2)25-26(24(17)31-3)33-15-32-25/h4-5,7,9,12,19,27-28H,6,8,10-11,13-15H2,1-3H3/t19-/m1/s1. The van der Waals surface area contributed by atoms with Crippen molar-refractivity contribution >= 4 is 16.6 Å². The van der Waals surface area contributed by atoms with Crippen LogP contribution >= 0.6 is 0 Å². The van der Waals surface area contributed by atoms with Gasteiger partial charge in [0.2, 0.25) is 18.3 Å². The van der Waals surface area contributed by atoms with Crippen LogP contribution < -0.4 is 24.3 Å². The van der Waals surface area contributed by atoms with E-state index in [0.717, 1.165) is 43.6 Å². The number of aryl methyl sites for hydroxylation is 2. The average molecular weight is 466 g/mol. The number of rotatable bonds is 10. The maximum absolute atomic E-state index is 5.72. The molecule has 0 saturated carbocycles. The number of fused-ring (bicyclic) bond motifs is 2. The summed E-state index contributed by atoms with van der Waals surface area (Å²) in [5, 5.41) is 9.15. The Morgan fingerprint density at radius 3 is 2.85 bits per heavy atom. The summed E-state index contributed by atoms with van der Waals surface area (Å²) in [6, 6.07) is 10.4. The van der Waals surface area contributed by atoms with E-state index in [1.165, 1.54) is 22.2 Å². The summed E-state index contributed by atoms with van der Waals surface area (Å²) in [5.41, 5.74) is 5.86. The lowest BCUT2D eigenvalue weighted by Crippen LogP contribution is -2.24. The lowest BCUT2D eigenvalue weighted by atomic mass is 10.0. The topological polar surface area (TPSA) is 86.3 Å². The van der Waals surface area contributed by atoms with E-state index < -0.39 is 0 Å². The van der Waals surface area contributed by atoms with Gasteiger partial charge in [-0.15, -0.1) is 0 Å². The number of para-hydroxylation sites is 1. The molecule has 3 aromatic rings. The quantitative estimate of drug-likeness (QED) is 0.438.